The Morgan fingerprint density at radius 2 is 1.73 bits per heavy atom. The van der Waals surface area contributed by atoms with Crippen molar-refractivity contribution in [2.75, 3.05) is 0 Å². The van der Waals surface area contributed by atoms with Crippen molar-refractivity contribution in [3.8, 4) is 0 Å². The molecule has 0 radical (unpaired) electrons. The van der Waals surface area contributed by atoms with E-state index >= 15 is 0 Å². The molecule has 9 heteroatoms. The van der Waals surface area contributed by atoms with Gasteiger partial charge in [0, 0.05) is 6.54 Å². The zero-order valence-electron chi connectivity index (χ0n) is 7.32. The van der Waals surface area contributed by atoms with Gasteiger partial charge in [-0.3, -0.25) is 0 Å². The topological polar surface area (TPSA) is 30.7 Å². The maximum absolute atomic E-state index is 5.91. The van der Waals surface area contributed by atoms with E-state index in [-0.39, 0.29) is 10.8 Å². The minimum Gasteiger partial charge on any atom is -0.234 e. The first-order valence-electron chi connectivity index (χ1n) is 3.75. The molecule has 3 nitrogen and oxygen atoms in total. The first-order chi connectivity index (χ1) is 6.71. The van der Waals surface area contributed by atoms with Crippen LogP contribution in [-0.4, -0.2) is 18.8 Å². The fraction of sp³-hybridized carbons (Fsp3) is 0.667. The normalized spacial score (nSPS) is 13.3. The monoisotopic (exact) mass is 329 g/mol. The van der Waals surface area contributed by atoms with E-state index in [1.54, 1.807) is 0 Å². The molecule has 1 aromatic heterocycles. The van der Waals surface area contributed by atoms with E-state index in [1.807, 2.05) is 6.92 Å². The summed E-state index contributed by atoms with van der Waals surface area (Å²) in [6.45, 7) is 2.33. The summed E-state index contributed by atoms with van der Waals surface area (Å²) in [6.07, 6.45) is 0. The van der Waals surface area contributed by atoms with Gasteiger partial charge in [-0.1, -0.05) is 74.8 Å². The summed E-state index contributed by atoms with van der Waals surface area (Å²) in [5.41, 5.74) is 0.0225. The van der Waals surface area contributed by atoms with Gasteiger partial charge >= 0.3 is 0 Å². The van der Waals surface area contributed by atoms with Crippen molar-refractivity contribution in [2.45, 2.75) is 21.6 Å². The van der Waals surface area contributed by atoms with Crippen molar-refractivity contribution < 1.29 is 0 Å². The third-order valence-corrected chi connectivity index (χ3v) is 4.36. The van der Waals surface area contributed by atoms with Crippen molar-refractivity contribution >= 4 is 69.6 Å². The molecule has 86 valence electrons. The fourth-order valence-corrected chi connectivity index (χ4v) is 1.78. The van der Waals surface area contributed by atoms with Gasteiger partial charge in [0.2, 0.25) is 8.13 Å². The number of aryl methyl sites for hydroxylation is 1. The van der Waals surface area contributed by atoms with Crippen LogP contribution in [0.1, 0.15) is 12.6 Å². The lowest BCUT2D eigenvalue weighted by Gasteiger charge is -2.25. The Labute approximate surface area is 117 Å². The number of halogens is 6. The molecule has 0 spiro atoms. The Kier molecular flexibility index (Phi) is 4.30. The van der Waals surface area contributed by atoms with Crippen LogP contribution in [0, 0.1) is 0 Å². The summed E-state index contributed by atoms with van der Waals surface area (Å²) in [7, 11) is 0. The maximum atomic E-state index is 5.91. The molecule has 0 N–H and O–H groups in total. The predicted molar refractivity (Wildman–Crippen MR) is 64.4 cm³/mol. The minimum atomic E-state index is -1.95. The van der Waals surface area contributed by atoms with Crippen molar-refractivity contribution in [2.24, 2.45) is 0 Å². The van der Waals surface area contributed by atoms with E-state index in [0.29, 0.717) is 6.54 Å². The number of hydrogen-bond donors (Lipinski definition) is 0. The van der Waals surface area contributed by atoms with Gasteiger partial charge in [-0.05, 0) is 6.92 Å². The Morgan fingerprint density at radius 3 is 2.07 bits per heavy atom. The molecule has 0 aliphatic carbocycles. The third kappa shape index (κ3) is 2.59. The van der Waals surface area contributed by atoms with Gasteiger partial charge in [-0.2, -0.15) is 0 Å². The lowest BCUT2D eigenvalue weighted by atomic mass is 10.3. The van der Waals surface area contributed by atoms with E-state index in [2.05, 4.69) is 10.3 Å². The molecule has 0 fully saturated rings. The van der Waals surface area contributed by atoms with Crippen LogP contribution in [0.5, 0.6) is 0 Å². The molecule has 0 saturated carbocycles. The SMILES string of the molecule is CCn1nnc(C(Cl)(Cl)C(Cl)(Cl)Cl)c1Cl. The Hall–Kier alpha value is 0.880. The lowest BCUT2D eigenvalue weighted by molar-refractivity contribution is 0.627. The Morgan fingerprint density at radius 1 is 1.20 bits per heavy atom. The van der Waals surface area contributed by atoms with Crippen LogP contribution in [0.3, 0.4) is 0 Å². The highest BCUT2D eigenvalue weighted by Gasteiger charge is 2.51. The molecule has 15 heavy (non-hydrogen) atoms. The van der Waals surface area contributed by atoms with E-state index in [9.17, 15) is 0 Å². The fourth-order valence-electron chi connectivity index (χ4n) is 0.830. The summed E-state index contributed by atoms with van der Waals surface area (Å²) >= 11 is 34.5. The van der Waals surface area contributed by atoms with Crippen molar-refractivity contribution in [1.82, 2.24) is 15.0 Å². The van der Waals surface area contributed by atoms with Gasteiger partial charge in [0.1, 0.15) is 5.69 Å². The molecule has 0 unspecified atom stereocenters. The maximum Gasteiger partial charge on any atom is 0.228 e. The number of alkyl halides is 5. The molecule has 0 saturated heterocycles. The minimum absolute atomic E-state index is 0.0225. The number of nitrogens with zero attached hydrogens (tertiary/aromatic N) is 3. The molecular formula is C6H5Cl6N3. The van der Waals surface area contributed by atoms with Gasteiger partial charge < -0.3 is 0 Å². The summed E-state index contributed by atoms with van der Waals surface area (Å²) in [6, 6.07) is 0. The standard InChI is InChI=1S/C6H5Cl6N3/c1-2-15-4(7)3(13-14-15)5(8,9)6(10,11)12/h2H2,1H3. The molecule has 0 bridgehead atoms. The smallest absolute Gasteiger partial charge is 0.228 e. The summed E-state index contributed by atoms with van der Waals surface area (Å²) < 4.78 is -2.41. The second kappa shape index (κ2) is 4.63. The molecule has 1 rings (SSSR count). The summed E-state index contributed by atoms with van der Waals surface area (Å²) in [5, 5.41) is 7.54. The highest BCUT2D eigenvalue weighted by molar-refractivity contribution is 6.75. The summed E-state index contributed by atoms with van der Waals surface area (Å²) in [4.78, 5) is 0. The first-order valence-corrected chi connectivity index (χ1v) is 6.02. The molecule has 1 heterocycles. The molecular weight excluding hydrogens is 327 g/mol. The molecule has 1 aromatic rings. The first kappa shape index (κ1) is 13.9. The molecule has 0 aliphatic heterocycles. The van der Waals surface area contributed by atoms with E-state index in [1.165, 1.54) is 4.68 Å². The lowest BCUT2D eigenvalue weighted by Crippen LogP contribution is -2.29. The quantitative estimate of drug-likeness (QED) is 0.768. The largest absolute Gasteiger partial charge is 0.234 e. The highest BCUT2D eigenvalue weighted by Crippen LogP contribution is 2.53. The number of hydrogen-bond acceptors (Lipinski definition) is 2. The summed E-state index contributed by atoms with van der Waals surface area (Å²) in [5.74, 6) is 0. The molecule has 0 aliphatic rings. The average molecular weight is 332 g/mol. The zero-order chi connectivity index (χ0) is 11.9. The van der Waals surface area contributed by atoms with Gasteiger partial charge in [0.15, 0.2) is 5.15 Å². The van der Waals surface area contributed by atoms with Crippen molar-refractivity contribution in [1.29, 1.82) is 0 Å². The highest BCUT2D eigenvalue weighted by atomic mass is 35.6. The van der Waals surface area contributed by atoms with Gasteiger partial charge in [-0.15, -0.1) is 5.10 Å². The van der Waals surface area contributed by atoms with Crippen LogP contribution >= 0.6 is 69.6 Å². The molecule has 0 atom stereocenters. The second-order valence-electron chi connectivity index (χ2n) is 2.62. The Balaban J connectivity index is 3.22. The van der Waals surface area contributed by atoms with Crippen LogP contribution in [0.2, 0.25) is 5.15 Å². The van der Waals surface area contributed by atoms with E-state index < -0.39 is 8.13 Å². The van der Waals surface area contributed by atoms with Crippen LogP contribution < -0.4 is 0 Å². The van der Waals surface area contributed by atoms with Gasteiger partial charge in [0.25, 0.3) is 0 Å². The second-order valence-corrected chi connectivity index (χ2v) is 6.58. The predicted octanol–water partition coefficient (Wildman–Crippen LogP) is 3.95. The zero-order valence-corrected chi connectivity index (χ0v) is 11.9. The third-order valence-electron chi connectivity index (χ3n) is 1.63. The van der Waals surface area contributed by atoms with Crippen LogP contribution in [-0.2, 0) is 10.9 Å². The average Bonchev–Trinajstić information content (AvgIpc) is 2.44. The molecule has 0 aromatic carbocycles. The van der Waals surface area contributed by atoms with Crippen molar-refractivity contribution in [3.63, 3.8) is 0 Å². The van der Waals surface area contributed by atoms with Crippen molar-refractivity contribution in [3.05, 3.63) is 10.8 Å². The molecule has 0 amide bonds. The van der Waals surface area contributed by atoms with Gasteiger partial charge in [-0.25, -0.2) is 4.68 Å². The van der Waals surface area contributed by atoms with Crippen LogP contribution in [0.25, 0.3) is 0 Å². The van der Waals surface area contributed by atoms with E-state index in [0.717, 1.165) is 0 Å². The van der Waals surface area contributed by atoms with Crippen LogP contribution in [0.15, 0.2) is 0 Å². The Bertz CT molecular complexity index is 354. The van der Waals surface area contributed by atoms with E-state index in [4.69, 9.17) is 69.6 Å². The van der Waals surface area contributed by atoms with Crippen LogP contribution in [0.4, 0.5) is 0 Å². The number of rotatable bonds is 2. The number of aromatic nitrogens is 3. The van der Waals surface area contributed by atoms with Gasteiger partial charge in [0.05, 0.1) is 0 Å².